The number of para-hydroxylation sites is 2. The zero-order chi connectivity index (χ0) is 23.8. The first kappa shape index (κ1) is 23.4. The highest BCUT2D eigenvalue weighted by molar-refractivity contribution is 7.88. The van der Waals surface area contributed by atoms with Crippen molar-refractivity contribution in [1.29, 1.82) is 0 Å². The minimum absolute atomic E-state index is 0.335. The second-order valence-electron chi connectivity index (χ2n) is 9.44. The molecule has 2 aromatic rings. The number of carbonyl (C=O) groups excluding carboxylic acids is 1. The lowest BCUT2D eigenvalue weighted by Gasteiger charge is -2.38. The Morgan fingerprint density at radius 3 is 1.97 bits per heavy atom. The summed E-state index contributed by atoms with van der Waals surface area (Å²) in [5, 5.41) is 0. The van der Waals surface area contributed by atoms with E-state index in [9.17, 15) is 13.2 Å². The van der Waals surface area contributed by atoms with Crippen molar-refractivity contribution < 1.29 is 17.9 Å². The SMILES string of the molecule is CC(C)(C)OC(=O)N1CCN(c2ccc(N3CCN(S(C)(=O)=O)CC3)cc2)c2ccccc21. The third kappa shape index (κ3) is 5.25. The number of nitrogens with zero attached hydrogens (tertiary/aromatic N) is 4. The normalized spacial score (nSPS) is 17.6. The van der Waals surface area contributed by atoms with Gasteiger partial charge >= 0.3 is 6.09 Å². The van der Waals surface area contributed by atoms with Crippen LogP contribution < -0.4 is 14.7 Å². The second kappa shape index (κ2) is 8.87. The summed E-state index contributed by atoms with van der Waals surface area (Å²) in [6, 6.07) is 16.2. The van der Waals surface area contributed by atoms with Crippen molar-refractivity contribution in [2.75, 3.05) is 60.2 Å². The molecule has 0 atom stereocenters. The number of rotatable bonds is 3. The molecule has 0 aromatic heterocycles. The van der Waals surface area contributed by atoms with Gasteiger partial charge < -0.3 is 14.5 Å². The van der Waals surface area contributed by atoms with Crippen LogP contribution >= 0.6 is 0 Å². The largest absolute Gasteiger partial charge is 0.443 e. The van der Waals surface area contributed by atoms with Crippen molar-refractivity contribution in [1.82, 2.24) is 4.31 Å². The van der Waals surface area contributed by atoms with Crippen molar-refractivity contribution in [3.05, 3.63) is 48.5 Å². The van der Waals surface area contributed by atoms with Gasteiger partial charge in [-0.2, -0.15) is 4.31 Å². The summed E-state index contributed by atoms with van der Waals surface area (Å²) in [7, 11) is -3.14. The molecule has 1 fully saturated rings. The third-order valence-corrected chi connectivity index (χ3v) is 7.16. The Labute approximate surface area is 196 Å². The van der Waals surface area contributed by atoms with Gasteiger partial charge in [0.25, 0.3) is 0 Å². The molecule has 2 aromatic carbocycles. The van der Waals surface area contributed by atoms with Gasteiger partial charge in [0.05, 0.1) is 17.6 Å². The summed E-state index contributed by atoms with van der Waals surface area (Å²) in [4.78, 5) is 18.9. The topological polar surface area (TPSA) is 73.4 Å². The summed E-state index contributed by atoms with van der Waals surface area (Å²) in [6.45, 7) is 9.14. The van der Waals surface area contributed by atoms with Crippen LogP contribution in [0.3, 0.4) is 0 Å². The van der Waals surface area contributed by atoms with Crippen LogP contribution in [0.5, 0.6) is 0 Å². The first-order chi connectivity index (χ1) is 15.5. The van der Waals surface area contributed by atoms with E-state index in [1.165, 1.54) is 10.6 Å². The van der Waals surface area contributed by atoms with Gasteiger partial charge in [0.1, 0.15) is 5.60 Å². The molecule has 1 saturated heterocycles. The molecule has 178 valence electrons. The van der Waals surface area contributed by atoms with Crippen LogP contribution in [0.15, 0.2) is 48.5 Å². The zero-order valence-electron chi connectivity index (χ0n) is 19.7. The van der Waals surface area contributed by atoms with Crippen molar-refractivity contribution in [2.45, 2.75) is 26.4 Å². The first-order valence-corrected chi connectivity index (χ1v) is 13.0. The molecule has 0 bridgehead atoms. The zero-order valence-corrected chi connectivity index (χ0v) is 20.5. The molecule has 0 spiro atoms. The van der Waals surface area contributed by atoms with Gasteiger partial charge in [-0.1, -0.05) is 12.1 Å². The molecule has 33 heavy (non-hydrogen) atoms. The van der Waals surface area contributed by atoms with Gasteiger partial charge in [-0.3, -0.25) is 4.90 Å². The lowest BCUT2D eigenvalue weighted by Crippen LogP contribution is -2.48. The number of hydrogen-bond acceptors (Lipinski definition) is 6. The Bertz CT molecular complexity index is 1100. The average Bonchev–Trinajstić information content (AvgIpc) is 2.77. The number of hydrogen-bond donors (Lipinski definition) is 0. The molecule has 0 unspecified atom stereocenters. The molecule has 2 aliphatic heterocycles. The third-order valence-electron chi connectivity index (χ3n) is 5.86. The smallest absolute Gasteiger partial charge is 0.414 e. The van der Waals surface area contributed by atoms with E-state index in [4.69, 9.17) is 4.74 Å². The monoisotopic (exact) mass is 472 g/mol. The minimum Gasteiger partial charge on any atom is -0.443 e. The quantitative estimate of drug-likeness (QED) is 0.679. The van der Waals surface area contributed by atoms with E-state index >= 15 is 0 Å². The Hall–Kier alpha value is -2.78. The van der Waals surface area contributed by atoms with Crippen LogP contribution in [0.1, 0.15) is 20.8 Å². The fourth-order valence-electron chi connectivity index (χ4n) is 4.26. The fraction of sp³-hybridized carbons (Fsp3) is 0.458. The first-order valence-electron chi connectivity index (χ1n) is 11.2. The summed E-state index contributed by atoms with van der Waals surface area (Å²) < 4.78 is 30.6. The van der Waals surface area contributed by atoms with Crippen molar-refractivity contribution >= 4 is 38.9 Å². The number of anilines is 4. The summed E-state index contributed by atoms with van der Waals surface area (Å²) in [5.41, 5.74) is 3.37. The highest BCUT2D eigenvalue weighted by Gasteiger charge is 2.31. The lowest BCUT2D eigenvalue weighted by molar-refractivity contribution is 0.0580. The Morgan fingerprint density at radius 2 is 1.39 bits per heavy atom. The maximum atomic E-state index is 12.8. The van der Waals surface area contributed by atoms with E-state index < -0.39 is 15.6 Å². The molecule has 0 N–H and O–H groups in total. The van der Waals surface area contributed by atoms with Crippen LogP contribution in [0.25, 0.3) is 0 Å². The van der Waals surface area contributed by atoms with Crippen LogP contribution in [0.2, 0.25) is 0 Å². The lowest BCUT2D eigenvalue weighted by atomic mass is 10.1. The molecule has 0 saturated carbocycles. The van der Waals surface area contributed by atoms with Gasteiger partial charge in [0.15, 0.2) is 0 Å². The molecule has 0 aliphatic carbocycles. The van der Waals surface area contributed by atoms with E-state index in [1.54, 1.807) is 4.90 Å². The fourth-order valence-corrected chi connectivity index (χ4v) is 5.08. The average molecular weight is 473 g/mol. The molecule has 8 nitrogen and oxygen atoms in total. The number of carbonyl (C=O) groups is 1. The maximum absolute atomic E-state index is 12.8. The number of piperazine rings is 1. The van der Waals surface area contributed by atoms with Crippen LogP contribution in [0, 0.1) is 0 Å². The standard InChI is InChI=1S/C24H32N4O4S/c1-24(2,3)32-23(29)28-18-17-27(21-7-5-6-8-22(21)28)20-11-9-19(10-12-20)25-13-15-26(16-14-25)33(4,30)31/h5-12H,13-18H2,1-4H3. The number of amides is 1. The van der Waals surface area contributed by atoms with E-state index in [-0.39, 0.29) is 6.09 Å². The Balaban J connectivity index is 1.50. The van der Waals surface area contributed by atoms with Gasteiger partial charge in [-0.15, -0.1) is 0 Å². The molecule has 4 rings (SSSR count). The van der Waals surface area contributed by atoms with E-state index in [0.717, 1.165) is 22.7 Å². The molecule has 2 heterocycles. The Kier molecular flexibility index (Phi) is 6.28. The number of fused-ring (bicyclic) bond motifs is 1. The summed E-state index contributed by atoms with van der Waals surface area (Å²) in [5.74, 6) is 0. The van der Waals surface area contributed by atoms with Crippen molar-refractivity contribution in [3.8, 4) is 0 Å². The highest BCUT2D eigenvalue weighted by Crippen LogP contribution is 2.38. The van der Waals surface area contributed by atoms with Gasteiger partial charge in [0, 0.05) is 50.6 Å². The molecule has 1 amide bonds. The second-order valence-corrected chi connectivity index (χ2v) is 11.4. The number of benzene rings is 2. The molecule has 2 aliphatic rings. The summed E-state index contributed by atoms with van der Waals surface area (Å²) in [6.07, 6.45) is 0.927. The molecular formula is C24H32N4O4S. The van der Waals surface area contributed by atoms with E-state index in [2.05, 4.69) is 34.1 Å². The maximum Gasteiger partial charge on any atom is 0.414 e. The van der Waals surface area contributed by atoms with Crippen LogP contribution in [0.4, 0.5) is 27.5 Å². The molecular weight excluding hydrogens is 440 g/mol. The summed E-state index contributed by atoms with van der Waals surface area (Å²) >= 11 is 0. The van der Waals surface area contributed by atoms with Gasteiger partial charge in [-0.25, -0.2) is 13.2 Å². The number of sulfonamides is 1. The molecule has 0 radical (unpaired) electrons. The van der Waals surface area contributed by atoms with Crippen LogP contribution in [-0.4, -0.2) is 69.9 Å². The van der Waals surface area contributed by atoms with Gasteiger partial charge in [-0.05, 0) is 57.2 Å². The predicted octanol–water partition coefficient (Wildman–Crippen LogP) is 3.66. The van der Waals surface area contributed by atoms with Crippen LogP contribution in [-0.2, 0) is 14.8 Å². The minimum atomic E-state index is -3.14. The Morgan fingerprint density at radius 1 is 0.818 bits per heavy atom. The molecule has 9 heteroatoms. The van der Waals surface area contributed by atoms with E-state index in [0.29, 0.717) is 39.3 Å². The van der Waals surface area contributed by atoms with Crippen molar-refractivity contribution in [3.63, 3.8) is 0 Å². The van der Waals surface area contributed by atoms with Gasteiger partial charge in [0.2, 0.25) is 10.0 Å². The predicted molar refractivity (Wildman–Crippen MR) is 132 cm³/mol. The van der Waals surface area contributed by atoms with Crippen molar-refractivity contribution in [2.24, 2.45) is 0 Å². The van der Waals surface area contributed by atoms with E-state index in [1.807, 2.05) is 45.0 Å². The highest BCUT2D eigenvalue weighted by atomic mass is 32.2. The number of ether oxygens (including phenoxy) is 1.